The molecule has 0 atom stereocenters. The third kappa shape index (κ3) is 7.23. The monoisotopic (exact) mass is 569 g/mol. The van der Waals surface area contributed by atoms with Crippen molar-refractivity contribution in [3.63, 3.8) is 0 Å². The average molecular weight is 570 g/mol. The second-order valence-corrected chi connectivity index (χ2v) is 9.84. The lowest BCUT2D eigenvalue weighted by molar-refractivity contribution is -0.384. The number of aryl methyl sites for hydroxylation is 1. The molecule has 0 saturated carbocycles. The van der Waals surface area contributed by atoms with E-state index in [1.54, 1.807) is 42.5 Å². The zero-order valence-corrected chi connectivity index (χ0v) is 23.3. The molecular weight excluding hydrogens is 542 g/mol. The van der Waals surface area contributed by atoms with Crippen LogP contribution in [0, 0.1) is 28.4 Å². The molecule has 0 heterocycles. The molecule has 1 amide bonds. The zero-order chi connectivity index (χ0) is 30.2. The molecule has 0 aliphatic carbocycles. The number of anilines is 1. The van der Waals surface area contributed by atoms with Crippen molar-refractivity contribution < 1.29 is 19.2 Å². The van der Waals surface area contributed by atoms with Gasteiger partial charge in [-0.25, -0.2) is 0 Å². The minimum absolute atomic E-state index is 0.0333. The van der Waals surface area contributed by atoms with E-state index in [9.17, 15) is 20.2 Å². The third-order valence-electron chi connectivity index (χ3n) is 6.74. The molecule has 0 saturated heterocycles. The number of non-ortho nitro benzene ring substituents is 1. The van der Waals surface area contributed by atoms with Crippen LogP contribution in [0.1, 0.15) is 22.3 Å². The maximum atomic E-state index is 13.2. The Bertz CT molecular complexity index is 1860. The van der Waals surface area contributed by atoms with E-state index in [1.165, 1.54) is 23.8 Å². The molecule has 43 heavy (non-hydrogen) atoms. The summed E-state index contributed by atoms with van der Waals surface area (Å²) in [5.41, 5.74) is 3.75. The highest BCUT2D eigenvalue weighted by Gasteiger charge is 2.15. The van der Waals surface area contributed by atoms with Gasteiger partial charge in [0.05, 0.1) is 4.92 Å². The Balaban J connectivity index is 1.34. The van der Waals surface area contributed by atoms with Crippen LogP contribution in [0.15, 0.2) is 115 Å². The lowest BCUT2D eigenvalue weighted by Crippen LogP contribution is -2.13. The number of carbonyl (C=O) groups excluding carboxylic acids is 1. The van der Waals surface area contributed by atoms with Crippen molar-refractivity contribution in [2.45, 2.75) is 20.1 Å². The summed E-state index contributed by atoms with van der Waals surface area (Å²) in [6, 6.07) is 34.4. The first-order chi connectivity index (χ1) is 20.9. The van der Waals surface area contributed by atoms with Gasteiger partial charge in [0.25, 0.3) is 11.6 Å². The van der Waals surface area contributed by atoms with Crippen LogP contribution >= 0.6 is 0 Å². The molecule has 5 aromatic rings. The number of rotatable bonds is 10. The van der Waals surface area contributed by atoms with Gasteiger partial charge in [-0.05, 0) is 65.2 Å². The fraction of sp³-hybridized carbons (Fsp3) is 0.0857. The molecule has 0 unspecified atom stereocenters. The van der Waals surface area contributed by atoms with Crippen molar-refractivity contribution in [1.82, 2.24) is 0 Å². The van der Waals surface area contributed by atoms with Gasteiger partial charge in [0.2, 0.25) is 0 Å². The molecular formula is C35H27N3O5. The molecule has 0 bridgehead atoms. The molecule has 0 fully saturated rings. The number of nitrogens with zero attached hydrogens (tertiary/aromatic N) is 2. The molecule has 0 radical (unpaired) electrons. The molecule has 0 spiro atoms. The molecule has 8 heteroatoms. The summed E-state index contributed by atoms with van der Waals surface area (Å²) in [4.78, 5) is 23.9. The highest BCUT2D eigenvalue weighted by atomic mass is 16.6. The van der Waals surface area contributed by atoms with E-state index < -0.39 is 10.8 Å². The highest BCUT2D eigenvalue weighted by Crippen LogP contribution is 2.31. The van der Waals surface area contributed by atoms with Gasteiger partial charge in [-0.3, -0.25) is 14.9 Å². The second kappa shape index (κ2) is 13.1. The van der Waals surface area contributed by atoms with Crippen LogP contribution in [-0.4, -0.2) is 10.8 Å². The molecule has 5 rings (SSSR count). The summed E-state index contributed by atoms with van der Waals surface area (Å²) in [7, 11) is 0. The van der Waals surface area contributed by atoms with Gasteiger partial charge in [0, 0.05) is 23.4 Å². The fourth-order valence-corrected chi connectivity index (χ4v) is 4.45. The molecule has 0 aliphatic rings. The number of amides is 1. The van der Waals surface area contributed by atoms with E-state index in [2.05, 4.69) is 5.32 Å². The Morgan fingerprint density at radius 1 is 0.884 bits per heavy atom. The van der Waals surface area contributed by atoms with E-state index in [-0.39, 0.29) is 17.9 Å². The number of hydrogen-bond donors (Lipinski definition) is 1. The number of fused-ring (bicyclic) bond motifs is 1. The van der Waals surface area contributed by atoms with Gasteiger partial charge in [0.15, 0.2) is 0 Å². The van der Waals surface area contributed by atoms with Crippen LogP contribution in [0.25, 0.3) is 16.8 Å². The fourth-order valence-electron chi connectivity index (χ4n) is 4.45. The summed E-state index contributed by atoms with van der Waals surface area (Å²) in [5.74, 6) is 0.505. The number of nitriles is 1. The van der Waals surface area contributed by atoms with Gasteiger partial charge in [-0.2, -0.15) is 5.26 Å². The van der Waals surface area contributed by atoms with E-state index in [0.29, 0.717) is 34.9 Å². The SMILES string of the molecule is Cc1ccc(COc2ccc(NC(=O)/C(C#N)=C/c3c(OCc4cccc([N+](=O)[O-])c4)ccc4ccccc34)cc2)cc1. The maximum absolute atomic E-state index is 13.2. The van der Waals surface area contributed by atoms with E-state index in [0.717, 1.165) is 16.3 Å². The molecule has 5 aromatic carbocycles. The molecule has 0 aliphatic heterocycles. The summed E-state index contributed by atoms with van der Waals surface area (Å²) in [5, 5.41) is 25.6. The van der Waals surface area contributed by atoms with Crippen molar-refractivity contribution in [2.75, 3.05) is 5.32 Å². The van der Waals surface area contributed by atoms with Crippen LogP contribution < -0.4 is 14.8 Å². The molecule has 1 N–H and O–H groups in total. The minimum Gasteiger partial charge on any atom is -0.489 e. The van der Waals surface area contributed by atoms with Crippen molar-refractivity contribution in [3.8, 4) is 17.6 Å². The smallest absolute Gasteiger partial charge is 0.269 e. The van der Waals surface area contributed by atoms with Crippen molar-refractivity contribution in [1.29, 1.82) is 5.26 Å². The lowest BCUT2D eigenvalue weighted by Gasteiger charge is -2.13. The van der Waals surface area contributed by atoms with Gasteiger partial charge >= 0.3 is 0 Å². The van der Waals surface area contributed by atoms with Crippen LogP contribution in [-0.2, 0) is 18.0 Å². The third-order valence-corrected chi connectivity index (χ3v) is 6.74. The number of nitro benzene ring substituents is 1. The lowest BCUT2D eigenvalue weighted by atomic mass is 10.0. The van der Waals surface area contributed by atoms with Crippen molar-refractivity contribution >= 4 is 34.1 Å². The van der Waals surface area contributed by atoms with Crippen LogP contribution in [0.4, 0.5) is 11.4 Å². The van der Waals surface area contributed by atoms with Crippen molar-refractivity contribution in [2.24, 2.45) is 0 Å². The van der Waals surface area contributed by atoms with E-state index >= 15 is 0 Å². The summed E-state index contributed by atoms with van der Waals surface area (Å²) in [6.07, 6.45) is 1.50. The first-order valence-corrected chi connectivity index (χ1v) is 13.5. The van der Waals surface area contributed by atoms with Gasteiger partial charge in [0.1, 0.15) is 36.4 Å². The Morgan fingerprint density at radius 3 is 2.37 bits per heavy atom. The van der Waals surface area contributed by atoms with Gasteiger partial charge in [-0.1, -0.05) is 72.3 Å². The Kier molecular flexibility index (Phi) is 8.74. The first-order valence-electron chi connectivity index (χ1n) is 13.5. The van der Waals surface area contributed by atoms with Gasteiger partial charge < -0.3 is 14.8 Å². The van der Waals surface area contributed by atoms with Gasteiger partial charge in [-0.15, -0.1) is 0 Å². The summed E-state index contributed by atoms with van der Waals surface area (Å²) in [6.45, 7) is 2.51. The summed E-state index contributed by atoms with van der Waals surface area (Å²) < 4.78 is 11.9. The zero-order valence-electron chi connectivity index (χ0n) is 23.3. The van der Waals surface area contributed by atoms with Crippen LogP contribution in [0.2, 0.25) is 0 Å². The number of nitro groups is 1. The van der Waals surface area contributed by atoms with E-state index in [1.807, 2.05) is 67.6 Å². The minimum atomic E-state index is -0.576. The predicted octanol–water partition coefficient (Wildman–Crippen LogP) is 7.76. The first kappa shape index (κ1) is 28.6. The van der Waals surface area contributed by atoms with Crippen molar-refractivity contribution in [3.05, 3.63) is 147 Å². The Labute approximate surface area is 248 Å². The average Bonchev–Trinajstić information content (AvgIpc) is 3.03. The Morgan fingerprint density at radius 2 is 1.63 bits per heavy atom. The highest BCUT2D eigenvalue weighted by molar-refractivity contribution is 6.11. The Hall–Kier alpha value is -5.94. The number of carbonyl (C=O) groups is 1. The number of nitrogens with one attached hydrogen (secondary N) is 1. The van der Waals surface area contributed by atoms with Crippen LogP contribution in [0.5, 0.6) is 11.5 Å². The largest absolute Gasteiger partial charge is 0.489 e. The standard InChI is InChI=1S/C35H27N3O5/c1-24-9-11-25(12-10-24)22-42-31-16-14-29(15-17-31)37-35(39)28(21-36)20-33-32-8-3-2-6-27(32)13-18-34(33)43-23-26-5-4-7-30(19-26)38(40)41/h2-20H,22-23H2,1H3,(H,37,39)/b28-20+. The number of benzene rings is 5. The molecule has 8 nitrogen and oxygen atoms in total. The normalized spacial score (nSPS) is 11.0. The quantitative estimate of drug-likeness (QED) is 0.0796. The topological polar surface area (TPSA) is 114 Å². The maximum Gasteiger partial charge on any atom is 0.269 e. The molecule has 0 aromatic heterocycles. The number of hydrogen-bond acceptors (Lipinski definition) is 6. The summed E-state index contributed by atoms with van der Waals surface area (Å²) >= 11 is 0. The van der Waals surface area contributed by atoms with Crippen LogP contribution in [0.3, 0.4) is 0 Å². The second-order valence-electron chi connectivity index (χ2n) is 9.84. The van der Waals surface area contributed by atoms with E-state index in [4.69, 9.17) is 9.47 Å². The number of ether oxygens (including phenoxy) is 2. The molecule has 212 valence electrons. The predicted molar refractivity (Wildman–Crippen MR) is 166 cm³/mol.